The Morgan fingerprint density at radius 2 is 1.73 bits per heavy atom. The number of aryl methyl sites for hydroxylation is 2. The van der Waals surface area contributed by atoms with E-state index >= 15 is 0 Å². The topological polar surface area (TPSA) is 84.5 Å². The fraction of sp³-hybridized carbons (Fsp3) is 0.211. The van der Waals surface area contributed by atoms with E-state index in [1.165, 1.54) is 24.3 Å². The van der Waals surface area contributed by atoms with Crippen molar-refractivity contribution in [3.63, 3.8) is 0 Å². The second kappa shape index (κ2) is 8.53. The maximum atomic E-state index is 12.5. The summed E-state index contributed by atoms with van der Waals surface area (Å²) >= 11 is 0. The highest BCUT2D eigenvalue weighted by Crippen LogP contribution is 2.21. The smallest absolute Gasteiger partial charge is 0.261 e. The molecular weight excluding hydrogens is 352 g/mol. The zero-order valence-electron chi connectivity index (χ0n) is 14.8. The normalized spacial score (nSPS) is 10.8. The minimum atomic E-state index is -3.70. The molecule has 0 atom stereocenters. The molecule has 0 aromatic heterocycles. The first kappa shape index (κ1) is 19.5. The van der Waals surface area contributed by atoms with Gasteiger partial charge in [-0.05, 0) is 61.4 Å². The van der Waals surface area contributed by atoms with Crippen LogP contribution in [0.1, 0.15) is 11.1 Å². The molecule has 0 unspecified atom stereocenters. The van der Waals surface area contributed by atoms with Crippen molar-refractivity contribution in [1.82, 2.24) is 5.32 Å². The molecule has 0 aliphatic heterocycles. The fourth-order valence-electron chi connectivity index (χ4n) is 2.35. The van der Waals surface area contributed by atoms with Crippen molar-refractivity contribution in [2.75, 3.05) is 17.9 Å². The fourth-order valence-corrected chi connectivity index (χ4v) is 3.39. The summed E-state index contributed by atoms with van der Waals surface area (Å²) in [6.07, 6.45) is 1.57. The van der Waals surface area contributed by atoms with Gasteiger partial charge < -0.3 is 10.1 Å². The van der Waals surface area contributed by atoms with Gasteiger partial charge in [0, 0.05) is 12.2 Å². The first-order chi connectivity index (χ1) is 12.3. The lowest BCUT2D eigenvalue weighted by atomic mass is 10.1. The monoisotopic (exact) mass is 374 g/mol. The van der Waals surface area contributed by atoms with Gasteiger partial charge in [0.2, 0.25) is 0 Å². The number of rotatable bonds is 8. The molecule has 2 aromatic carbocycles. The highest BCUT2D eigenvalue weighted by Gasteiger charge is 2.14. The zero-order valence-corrected chi connectivity index (χ0v) is 15.6. The maximum Gasteiger partial charge on any atom is 0.261 e. The summed E-state index contributed by atoms with van der Waals surface area (Å²) in [5, 5.41) is 2.59. The number of amides is 1. The summed E-state index contributed by atoms with van der Waals surface area (Å²) in [7, 11) is -3.70. The number of anilines is 1. The molecule has 2 N–H and O–H groups in total. The molecule has 0 saturated carbocycles. The van der Waals surface area contributed by atoms with E-state index in [4.69, 9.17) is 4.74 Å². The molecule has 0 aliphatic rings. The van der Waals surface area contributed by atoms with Gasteiger partial charge in [-0.2, -0.15) is 0 Å². The van der Waals surface area contributed by atoms with Crippen LogP contribution in [-0.2, 0) is 14.8 Å². The second-order valence-corrected chi connectivity index (χ2v) is 7.52. The van der Waals surface area contributed by atoms with Gasteiger partial charge in [-0.3, -0.25) is 9.52 Å². The van der Waals surface area contributed by atoms with Crippen LogP contribution in [0.2, 0.25) is 0 Å². The van der Waals surface area contributed by atoms with Crippen molar-refractivity contribution in [2.24, 2.45) is 0 Å². The Hall–Kier alpha value is -2.80. The number of benzene rings is 2. The van der Waals surface area contributed by atoms with Gasteiger partial charge >= 0.3 is 0 Å². The highest BCUT2D eigenvalue weighted by atomic mass is 32.2. The van der Waals surface area contributed by atoms with Gasteiger partial charge in [0.05, 0.1) is 4.90 Å². The number of hydrogen-bond donors (Lipinski definition) is 2. The number of sulfonamides is 1. The highest BCUT2D eigenvalue weighted by molar-refractivity contribution is 7.92. The lowest BCUT2D eigenvalue weighted by Crippen LogP contribution is -2.28. The Morgan fingerprint density at radius 3 is 2.31 bits per heavy atom. The molecule has 2 rings (SSSR count). The number of carbonyl (C=O) groups is 1. The molecule has 0 fully saturated rings. The molecule has 26 heavy (non-hydrogen) atoms. The molecule has 0 aliphatic carbocycles. The van der Waals surface area contributed by atoms with E-state index in [0.717, 1.165) is 11.1 Å². The minimum Gasteiger partial charge on any atom is -0.484 e. The van der Waals surface area contributed by atoms with Gasteiger partial charge in [0.15, 0.2) is 6.61 Å². The van der Waals surface area contributed by atoms with Crippen molar-refractivity contribution < 1.29 is 17.9 Å². The molecule has 0 radical (unpaired) electrons. The Bertz CT molecular complexity index is 870. The van der Waals surface area contributed by atoms with Gasteiger partial charge in [-0.15, -0.1) is 6.58 Å². The van der Waals surface area contributed by atoms with Gasteiger partial charge in [-0.1, -0.05) is 12.1 Å². The van der Waals surface area contributed by atoms with Crippen LogP contribution in [0, 0.1) is 13.8 Å². The van der Waals surface area contributed by atoms with E-state index in [1.807, 2.05) is 19.9 Å². The van der Waals surface area contributed by atoms with Crippen molar-refractivity contribution in [3.8, 4) is 5.75 Å². The Balaban J connectivity index is 2.04. The third-order valence-electron chi connectivity index (χ3n) is 3.42. The predicted molar refractivity (Wildman–Crippen MR) is 102 cm³/mol. The molecule has 2 aromatic rings. The summed E-state index contributed by atoms with van der Waals surface area (Å²) in [4.78, 5) is 11.6. The molecule has 0 heterocycles. The van der Waals surface area contributed by atoms with E-state index in [2.05, 4.69) is 16.6 Å². The lowest BCUT2D eigenvalue weighted by molar-refractivity contribution is -0.122. The minimum absolute atomic E-state index is 0.111. The van der Waals surface area contributed by atoms with E-state index in [9.17, 15) is 13.2 Å². The van der Waals surface area contributed by atoms with Crippen LogP contribution in [0.15, 0.2) is 60.0 Å². The molecule has 6 nitrogen and oxygen atoms in total. The van der Waals surface area contributed by atoms with Crippen LogP contribution in [0.4, 0.5) is 5.69 Å². The molecule has 0 saturated heterocycles. The maximum absolute atomic E-state index is 12.5. The van der Waals surface area contributed by atoms with Crippen LogP contribution in [0.25, 0.3) is 0 Å². The first-order valence-corrected chi connectivity index (χ1v) is 9.50. The zero-order chi connectivity index (χ0) is 19.2. The molecule has 138 valence electrons. The number of carbonyl (C=O) groups excluding carboxylic acids is 1. The third-order valence-corrected chi connectivity index (χ3v) is 4.82. The Kier molecular flexibility index (Phi) is 6.41. The average Bonchev–Trinajstić information content (AvgIpc) is 2.57. The number of nitrogens with one attached hydrogen (secondary N) is 2. The van der Waals surface area contributed by atoms with Crippen LogP contribution in [-0.4, -0.2) is 27.5 Å². The van der Waals surface area contributed by atoms with Crippen molar-refractivity contribution in [1.29, 1.82) is 0 Å². The van der Waals surface area contributed by atoms with Gasteiger partial charge in [0.25, 0.3) is 15.9 Å². The quantitative estimate of drug-likeness (QED) is 0.696. The van der Waals surface area contributed by atoms with E-state index < -0.39 is 10.0 Å². The molecule has 1 amide bonds. The summed E-state index contributed by atoms with van der Waals surface area (Å²) < 4.78 is 32.9. The van der Waals surface area contributed by atoms with Crippen LogP contribution >= 0.6 is 0 Å². The largest absolute Gasteiger partial charge is 0.484 e. The first-order valence-electron chi connectivity index (χ1n) is 8.02. The molecule has 0 bridgehead atoms. The Labute approximate surface area is 153 Å². The standard InChI is InChI=1S/C19H22N2O4S/c1-4-9-20-19(22)13-25-17-5-7-18(8-6-17)26(23,24)21-16-11-14(2)10-15(3)12-16/h4-8,10-12,21H,1,9,13H2,2-3H3,(H,20,22). The van der Waals surface area contributed by atoms with Crippen molar-refractivity contribution >= 4 is 21.6 Å². The van der Waals surface area contributed by atoms with E-state index in [-0.39, 0.29) is 17.4 Å². The molecule has 7 heteroatoms. The lowest BCUT2D eigenvalue weighted by Gasteiger charge is -2.11. The summed E-state index contributed by atoms with van der Waals surface area (Å²) in [5.74, 6) is 0.127. The summed E-state index contributed by atoms with van der Waals surface area (Å²) in [6.45, 7) is 7.53. The van der Waals surface area contributed by atoms with E-state index in [0.29, 0.717) is 18.0 Å². The van der Waals surface area contributed by atoms with Crippen LogP contribution < -0.4 is 14.8 Å². The predicted octanol–water partition coefficient (Wildman–Crippen LogP) is 2.79. The Morgan fingerprint density at radius 1 is 1.12 bits per heavy atom. The van der Waals surface area contributed by atoms with Crippen LogP contribution in [0.3, 0.4) is 0 Å². The van der Waals surface area contributed by atoms with Gasteiger partial charge in [0.1, 0.15) is 5.75 Å². The summed E-state index contributed by atoms with van der Waals surface area (Å²) in [5.41, 5.74) is 2.46. The van der Waals surface area contributed by atoms with Crippen molar-refractivity contribution in [2.45, 2.75) is 18.7 Å². The second-order valence-electron chi connectivity index (χ2n) is 5.83. The number of hydrogen-bond acceptors (Lipinski definition) is 4. The molecule has 0 spiro atoms. The number of ether oxygens (including phenoxy) is 1. The van der Waals surface area contributed by atoms with Crippen LogP contribution in [0.5, 0.6) is 5.75 Å². The third kappa shape index (κ3) is 5.63. The average molecular weight is 374 g/mol. The van der Waals surface area contributed by atoms with Crippen molar-refractivity contribution in [3.05, 3.63) is 66.2 Å². The SMILES string of the molecule is C=CCNC(=O)COc1ccc(S(=O)(=O)Nc2cc(C)cc(C)c2)cc1. The summed E-state index contributed by atoms with van der Waals surface area (Å²) in [6, 6.07) is 11.4. The molecular formula is C19H22N2O4S. The van der Waals surface area contributed by atoms with Gasteiger partial charge in [-0.25, -0.2) is 8.42 Å². The van der Waals surface area contributed by atoms with E-state index in [1.54, 1.807) is 18.2 Å².